The van der Waals surface area contributed by atoms with Crippen molar-refractivity contribution in [3.05, 3.63) is 29.3 Å². The van der Waals surface area contributed by atoms with E-state index in [4.69, 9.17) is 0 Å². The molecule has 0 amide bonds. The fourth-order valence-corrected chi connectivity index (χ4v) is 4.28. The third-order valence-corrected chi connectivity index (χ3v) is 5.19. The van der Waals surface area contributed by atoms with Gasteiger partial charge in [0.2, 0.25) is 0 Å². The highest BCUT2D eigenvalue weighted by molar-refractivity contribution is 5.56. The van der Waals surface area contributed by atoms with Gasteiger partial charge in [-0.2, -0.15) is 0 Å². The number of benzene rings is 1. The van der Waals surface area contributed by atoms with Gasteiger partial charge in [-0.15, -0.1) is 0 Å². The Kier molecular flexibility index (Phi) is 4.30. The molecule has 0 bridgehead atoms. The molecule has 0 spiro atoms. The minimum Gasteiger partial charge on any atom is -0.368 e. The molecule has 3 rings (SSSR count). The minimum atomic E-state index is 0.811. The average Bonchev–Trinajstić information content (AvgIpc) is 3.10. The Morgan fingerprint density at radius 3 is 2.65 bits per heavy atom. The summed E-state index contributed by atoms with van der Waals surface area (Å²) in [5.74, 6) is 0.953. The highest BCUT2D eigenvalue weighted by Crippen LogP contribution is 2.38. The molecule has 1 N–H and O–H groups in total. The van der Waals surface area contributed by atoms with E-state index in [9.17, 15) is 0 Å². The molecule has 1 aromatic carbocycles. The Bertz CT molecular complexity index is 449. The Balaban J connectivity index is 1.80. The van der Waals surface area contributed by atoms with Crippen molar-refractivity contribution >= 4 is 5.69 Å². The Morgan fingerprint density at radius 2 is 1.95 bits per heavy atom. The molecule has 0 aromatic heterocycles. The molecule has 1 heterocycles. The second kappa shape index (κ2) is 6.17. The fraction of sp³-hybridized carbons (Fsp3) is 0.667. The van der Waals surface area contributed by atoms with Crippen LogP contribution in [0.3, 0.4) is 0 Å². The molecule has 2 nitrogen and oxygen atoms in total. The molecular weight excluding hydrogens is 244 g/mol. The van der Waals surface area contributed by atoms with E-state index in [1.165, 1.54) is 61.9 Å². The van der Waals surface area contributed by atoms with Crippen LogP contribution in [0.15, 0.2) is 18.2 Å². The molecule has 1 atom stereocenters. The molecule has 110 valence electrons. The molecule has 1 saturated heterocycles. The van der Waals surface area contributed by atoms with Gasteiger partial charge >= 0.3 is 0 Å². The second-order valence-electron chi connectivity index (χ2n) is 6.60. The van der Waals surface area contributed by atoms with Crippen LogP contribution in [0.25, 0.3) is 0 Å². The zero-order valence-corrected chi connectivity index (χ0v) is 13.0. The Labute approximate surface area is 123 Å². The number of nitrogens with one attached hydrogen (secondary N) is 1. The standard InChI is InChI=1S/C18H28N2/c1-14-12-15(13-19-2)9-10-17(14)20-11-5-8-18(20)16-6-3-4-7-16/h9-10,12,16,18-19H,3-8,11,13H2,1-2H3. The number of aryl methyl sites for hydroxylation is 1. The van der Waals surface area contributed by atoms with Crippen LogP contribution in [-0.2, 0) is 6.54 Å². The summed E-state index contributed by atoms with van der Waals surface area (Å²) >= 11 is 0. The van der Waals surface area contributed by atoms with Gasteiger partial charge in [0.1, 0.15) is 0 Å². The van der Waals surface area contributed by atoms with Crippen molar-refractivity contribution in [3.8, 4) is 0 Å². The third-order valence-electron chi connectivity index (χ3n) is 5.19. The van der Waals surface area contributed by atoms with Crippen molar-refractivity contribution in [2.45, 2.75) is 58.0 Å². The maximum Gasteiger partial charge on any atom is 0.0398 e. The molecule has 1 aliphatic heterocycles. The van der Waals surface area contributed by atoms with E-state index in [-0.39, 0.29) is 0 Å². The highest BCUT2D eigenvalue weighted by Gasteiger charge is 2.33. The van der Waals surface area contributed by atoms with Crippen LogP contribution in [0, 0.1) is 12.8 Å². The Morgan fingerprint density at radius 1 is 1.15 bits per heavy atom. The molecule has 2 aliphatic rings. The maximum absolute atomic E-state index is 3.24. The lowest BCUT2D eigenvalue weighted by Gasteiger charge is -2.32. The number of hydrogen-bond acceptors (Lipinski definition) is 2. The third kappa shape index (κ3) is 2.71. The van der Waals surface area contributed by atoms with Gasteiger partial charge in [0.05, 0.1) is 0 Å². The van der Waals surface area contributed by atoms with Gasteiger partial charge in [-0.3, -0.25) is 0 Å². The van der Waals surface area contributed by atoms with Crippen molar-refractivity contribution in [2.75, 3.05) is 18.5 Å². The summed E-state index contributed by atoms with van der Waals surface area (Å²) in [6.07, 6.45) is 8.60. The molecule has 1 aliphatic carbocycles. The SMILES string of the molecule is CNCc1ccc(N2CCCC2C2CCCC2)c(C)c1. The van der Waals surface area contributed by atoms with Gasteiger partial charge in [0.25, 0.3) is 0 Å². The topological polar surface area (TPSA) is 15.3 Å². The maximum atomic E-state index is 3.24. The van der Waals surface area contributed by atoms with Crippen LogP contribution in [0.1, 0.15) is 49.7 Å². The van der Waals surface area contributed by atoms with Gasteiger partial charge in [0, 0.05) is 24.8 Å². The van der Waals surface area contributed by atoms with Crippen LogP contribution < -0.4 is 10.2 Å². The number of nitrogens with zero attached hydrogens (tertiary/aromatic N) is 1. The van der Waals surface area contributed by atoms with Crippen LogP contribution in [0.2, 0.25) is 0 Å². The highest BCUT2D eigenvalue weighted by atomic mass is 15.2. The average molecular weight is 272 g/mol. The first-order chi connectivity index (χ1) is 9.79. The van der Waals surface area contributed by atoms with E-state index < -0.39 is 0 Å². The monoisotopic (exact) mass is 272 g/mol. The van der Waals surface area contributed by atoms with Gasteiger partial charge < -0.3 is 10.2 Å². The predicted molar refractivity (Wildman–Crippen MR) is 86.3 cm³/mol. The zero-order valence-electron chi connectivity index (χ0n) is 13.0. The summed E-state index contributed by atoms with van der Waals surface area (Å²) in [6.45, 7) is 4.50. The van der Waals surface area contributed by atoms with Crippen molar-refractivity contribution in [3.63, 3.8) is 0 Å². The largest absolute Gasteiger partial charge is 0.368 e. The first-order valence-electron chi connectivity index (χ1n) is 8.30. The van der Waals surface area contributed by atoms with E-state index in [0.29, 0.717) is 0 Å². The van der Waals surface area contributed by atoms with Crippen molar-refractivity contribution in [1.82, 2.24) is 5.32 Å². The number of anilines is 1. The van der Waals surface area contributed by atoms with Gasteiger partial charge in [-0.1, -0.05) is 25.0 Å². The van der Waals surface area contributed by atoms with Crippen LogP contribution in [0.4, 0.5) is 5.69 Å². The summed E-state index contributed by atoms with van der Waals surface area (Å²) in [5.41, 5.74) is 4.33. The van der Waals surface area contributed by atoms with E-state index in [1.807, 2.05) is 7.05 Å². The first-order valence-corrected chi connectivity index (χ1v) is 8.30. The minimum absolute atomic E-state index is 0.811. The fourth-order valence-electron chi connectivity index (χ4n) is 4.28. The van der Waals surface area contributed by atoms with Crippen molar-refractivity contribution in [1.29, 1.82) is 0 Å². The summed E-state index contributed by atoms with van der Waals surface area (Å²) in [6, 6.07) is 7.82. The van der Waals surface area contributed by atoms with E-state index >= 15 is 0 Å². The Hall–Kier alpha value is -1.02. The molecule has 2 heteroatoms. The van der Waals surface area contributed by atoms with Crippen molar-refractivity contribution in [2.24, 2.45) is 5.92 Å². The quantitative estimate of drug-likeness (QED) is 0.895. The number of rotatable bonds is 4. The molecule has 2 fully saturated rings. The molecular formula is C18H28N2. The van der Waals surface area contributed by atoms with Crippen molar-refractivity contribution < 1.29 is 0 Å². The predicted octanol–water partition coefficient (Wildman–Crippen LogP) is 3.87. The summed E-state index contributed by atoms with van der Waals surface area (Å²) in [4.78, 5) is 2.72. The lowest BCUT2D eigenvalue weighted by atomic mass is 9.95. The zero-order chi connectivity index (χ0) is 13.9. The summed E-state index contributed by atoms with van der Waals surface area (Å²) in [7, 11) is 2.01. The normalized spacial score (nSPS) is 23.7. The molecule has 0 radical (unpaired) electrons. The summed E-state index contributed by atoms with van der Waals surface area (Å²) < 4.78 is 0. The number of hydrogen-bond donors (Lipinski definition) is 1. The molecule has 20 heavy (non-hydrogen) atoms. The lowest BCUT2D eigenvalue weighted by Crippen LogP contribution is -2.35. The molecule has 1 aromatic rings. The smallest absolute Gasteiger partial charge is 0.0398 e. The van der Waals surface area contributed by atoms with E-state index in [1.54, 1.807) is 0 Å². The van der Waals surface area contributed by atoms with E-state index in [0.717, 1.165) is 18.5 Å². The molecule has 1 saturated carbocycles. The first kappa shape index (κ1) is 13.9. The van der Waals surface area contributed by atoms with Crippen LogP contribution in [-0.4, -0.2) is 19.6 Å². The van der Waals surface area contributed by atoms with Gasteiger partial charge in [-0.25, -0.2) is 0 Å². The van der Waals surface area contributed by atoms with E-state index in [2.05, 4.69) is 35.3 Å². The van der Waals surface area contributed by atoms with Crippen LogP contribution in [0.5, 0.6) is 0 Å². The van der Waals surface area contributed by atoms with Crippen LogP contribution >= 0.6 is 0 Å². The second-order valence-corrected chi connectivity index (χ2v) is 6.60. The molecule has 1 unspecified atom stereocenters. The van der Waals surface area contributed by atoms with Gasteiger partial charge in [0.15, 0.2) is 0 Å². The lowest BCUT2D eigenvalue weighted by molar-refractivity contribution is 0.430. The van der Waals surface area contributed by atoms with Gasteiger partial charge in [-0.05, 0) is 62.8 Å². The summed E-state index contributed by atoms with van der Waals surface area (Å²) in [5, 5.41) is 3.24.